The Morgan fingerprint density at radius 2 is 1.81 bits per heavy atom. The van der Waals surface area contributed by atoms with Gasteiger partial charge >= 0.3 is 11.9 Å². The predicted molar refractivity (Wildman–Crippen MR) is 157 cm³/mol. The van der Waals surface area contributed by atoms with Crippen LogP contribution >= 0.6 is 0 Å². The van der Waals surface area contributed by atoms with Crippen LogP contribution in [-0.2, 0) is 30.3 Å². The van der Waals surface area contributed by atoms with E-state index in [2.05, 4.69) is 24.1 Å². The number of ketones is 1. The Labute approximate surface area is 247 Å². The Hall–Kier alpha value is -3.16. The van der Waals surface area contributed by atoms with Gasteiger partial charge in [0.1, 0.15) is 17.9 Å². The average Bonchev–Trinajstić information content (AvgIpc) is 3.52. The summed E-state index contributed by atoms with van der Waals surface area (Å²) in [6, 6.07) is 6.55. The van der Waals surface area contributed by atoms with E-state index >= 15 is 0 Å². The van der Waals surface area contributed by atoms with E-state index in [1.54, 1.807) is 6.20 Å². The molecule has 0 unspecified atom stereocenters. The van der Waals surface area contributed by atoms with E-state index in [0.29, 0.717) is 29.5 Å². The highest BCUT2D eigenvalue weighted by atomic mass is 16.5. The smallest absolute Gasteiger partial charge is 0.326 e. The minimum absolute atomic E-state index is 0.0551. The maximum Gasteiger partial charge on any atom is 0.326 e. The molecule has 2 aromatic rings. The fraction of sp³-hybridized carbons (Fsp3) is 0.647. The summed E-state index contributed by atoms with van der Waals surface area (Å²) in [6.45, 7) is 4.74. The number of aliphatic carboxylic acids is 1. The molecule has 0 aliphatic heterocycles. The predicted octanol–water partition coefficient (Wildman–Crippen LogP) is 5.58. The van der Waals surface area contributed by atoms with Crippen LogP contribution in [0.3, 0.4) is 0 Å². The molecule has 0 radical (unpaired) electrons. The summed E-state index contributed by atoms with van der Waals surface area (Å²) in [7, 11) is 0. The summed E-state index contributed by atoms with van der Waals surface area (Å²) in [5, 5.41) is 13.3. The molecule has 4 aliphatic rings. The van der Waals surface area contributed by atoms with E-state index in [4.69, 9.17) is 4.74 Å². The Morgan fingerprint density at radius 1 is 1.02 bits per heavy atom. The number of fused-ring (bicyclic) bond motifs is 6. The molecule has 8 atom stereocenters. The third-order valence-electron chi connectivity index (χ3n) is 12.0. The van der Waals surface area contributed by atoms with Gasteiger partial charge < -0.3 is 20.1 Å². The lowest BCUT2D eigenvalue weighted by Crippen LogP contribution is -2.54. The van der Waals surface area contributed by atoms with Gasteiger partial charge in [-0.15, -0.1) is 0 Å². The second-order valence-corrected chi connectivity index (χ2v) is 14.0. The van der Waals surface area contributed by atoms with Crippen molar-refractivity contribution in [2.24, 2.45) is 34.5 Å². The van der Waals surface area contributed by atoms with Crippen molar-refractivity contribution < 1.29 is 29.0 Å². The standard InChI is InChI=1S/C34H44N2O6/c1-33-15-13-22(37)18-21(33)7-8-24-25-9-10-29(34(25,2)16-14-26(24)33)42-31(39)12-11-30(38)36-28(32(40)41)17-20-19-35-27-6-4-3-5-23(20)27/h3-6,19,21,24-26,28-29,35H,7-18H2,1-2H3,(H,36,38)(H,40,41)/t21-,24+,25-,26+,28-,29+,33-,34-/m0/s1. The lowest BCUT2D eigenvalue weighted by molar-refractivity contribution is -0.164. The van der Waals surface area contributed by atoms with Gasteiger partial charge in [0.05, 0.1) is 6.42 Å². The fourth-order valence-electron chi connectivity index (χ4n) is 9.61. The molecule has 8 nitrogen and oxygen atoms in total. The number of H-pyrrole nitrogens is 1. The van der Waals surface area contributed by atoms with Crippen molar-refractivity contribution >= 4 is 34.5 Å². The van der Waals surface area contributed by atoms with Gasteiger partial charge in [-0.1, -0.05) is 32.0 Å². The molecule has 1 aromatic heterocycles. The zero-order valence-corrected chi connectivity index (χ0v) is 24.8. The molecule has 0 spiro atoms. The van der Waals surface area contributed by atoms with Crippen LogP contribution in [0.1, 0.15) is 90.0 Å². The van der Waals surface area contributed by atoms with E-state index in [0.717, 1.165) is 67.8 Å². The number of carboxylic acid groups (broad SMARTS) is 1. The zero-order valence-electron chi connectivity index (χ0n) is 24.8. The molecule has 42 heavy (non-hydrogen) atoms. The van der Waals surface area contributed by atoms with Gasteiger partial charge in [-0.2, -0.15) is 0 Å². The van der Waals surface area contributed by atoms with Crippen molar-refractivity contribution in [2.45, 2.75) is 103 Å². The van der Waals surface area contributed by atoms with Crippen LogP contribution in [0.25, 0.3) is 10.9 Å². The SMILES string of the molecule is C[C@]12CCC(=O)C[C@@H]1CC[C@H]1[C@H]2CC[C@]2(C)[C@H](OC(=O)CCC(=O)N[C@@H](Cc3c[nH]c4ccccc34)C(=O)O)CC[C@@H]12. The van der Waals surface area contributed by atoms with Crippen LogP contribution in [0.4, 0.5) is 0 Å². The van der Waals surface area contributed by atoms with Crippen molar-refractivity contribution in [1.82, 2.24) is 10.3 Å². The first-order chi connectivity index (χ1) is 20.1. The number of rotatable bonds is 8. The number of carbonyl (C=O) groups is 4. The number of nitrogens with one attached hydrogen (secondary N) is 2. The summed E-state index contributed by atoms with van der Waals surface area (Å²) in [4.78, 5) is 52.9. The fourth-order valence-corrected chi connectivity index (χ4v) is 9.61. The quantitative estimate of drug-likeness (QED) is 0.352. The Bertz CT molecular complexity index is 1380. The molecule has 6 rings (SSSR count). The lowest BCUT2D eigenvalue weighted by atomic mass is 9.45. The van der Waals surface area contributed by atoms with E-state index in [1.165, 1.54) is 6.42 Å². The highest BCUT2D eigenvalue weighted by molar-refractivity contribution is 5.88. The molecule has 1 heterocycles. The molecule has 8 heteroatoms. The topological polar surface area (TPSA) is 126 Å². The van der Waals surface area contributed by atoms with Crippen LogP contribution in [0.2, 0.25) is 0 Å². The second kappa shape index (κ2) is 11.2. The van der Waals surface area contributed by atoms with Gasteiger partial charge in [-0.3, -0.25) is 14.4 Å². The molecular formula is C34H44N2O6. The highest BCUT2D eigenvalue weighted by Gasteiger charge is 2.61. The van der Waals surface area contributed by atoms with Gasteiger partial charge in [-0.25, -0.2) is 4.79 Å². The second-order valence-electron chi connectivity index (χ2n) is 14.0. The van der Waals surface area contributed by atoms with E-state index in [1.807, 2.05) is 24.3 Å². The number of carboxylic acids is 1. The van der Waals surface area contributed by atoms with Gasteiger partial charge in [0.25, 0.3) is 0 Å². The summed E-state index contributed by atoms with van der Waals surface area (Å²) in [5.41, 5.74) is 1.92. The number of hydrogen-bond acceptors (Lipinski definition) is 5. The maximum atomic E-state index is 12.9. The van der Waals surface area contributed by atoms with Crippen molar-refractivity contribution in [2.75, 3.05) is 0 Å². The molecule has 0 bridgehead atoms. The molecule has 1 aromatic carbocycles. The van der Waals surface area contributed by atoms with Crippen molar-refractivity contribution in [3.8, 4) is 0 Å². The summed E-state index contributed by atoms with van der Waals surface area (Å²) < 4.78 is 6.06. The molecule has 1 amide bonds. The number of esters is 1. The number of carbonyl (C=O) groups excluding carboxylic acids is 3. The van der Waals surface area contributed by atoms with Crippen LogP contribution in [0, 0.1) is 34.5 Å². The van der Waals surface area contributed by atoms with Crippen molar-refractivity contribution in [1.29, 1.82) is 0 Å². The third-order valence-corrected chi connectivity index (χ3v) is 12.0. The van der Waals surface area contributed by atoms with Crippen LogP contribution < -0.4 is 5.32 Å². The molecular weight excluding hydrogens is 532 g/mol. The summed E-state index contributed by atoms with van der Waals surface area (Å²) in [5.74, 6) is 0.785. The average molecular weight is 577 g/mol. The number of amides is 1. The van der Waals surface area contributed by atoms with E-state index < -0.39 is 17.9 Å². The molecule has 4 fully saturated rings. The molecule has 4 aliphatic carbocycles. The molecule has 4 saturated carbocycles. The number of aromatic nitrogens is 1. The van der Waals surface area contributed by atoms with E-state index in [-0.39, 0.29) is 42.2 Å². The Balaban J connectivity index is 1.02. The van der Waals surface area contributed by atoms with Gasteiger partial charge in [0, 0.05) is 48.2 Å². The number of benzene rings is 1. The van der Waals surface area contributed by atoms with Gasteiger partial charge in [-0.05, 0) is 85.7 Å². The van der Waals surface area contributed by atoms with Crippen LogP contribution in [0.15, 0.2) is 30.5 Å². The Morgan fingerprint density at radius 3 is 2.62 bits per heavy atom. The molecule has 226 valence electrons. The largest absolute Gasteiger partial charge is 0.480 e. The van der Waals surface area contributed by atoms with Crippen molar-refractivity contribution in [3.63, 3.8) is 0 Å². The number of aromatic amines is 1. The van der Waals surface area contributed by atoms with E-state index in [9.17, 15) is 24.3 Å². The summed E-state index contributed by atoms with van der Waals surface area (Å²) >= 11 is 0. The number of hydrogen-bond donors (Lipinski definition) is 3. The first-order valence-corrected chi connectivity index (χ1v) is 15.9. The first kappa shape index (κ1) is 28.9. The minimum atomic E-state index is -1.11. The van der Waals surface area contributed by atoms with Gasteiger partial charge in [0.2, 0.25) is 5.91 Å². The zero-order chi connectivity index (χ0) is 29.6. The van der Waals surface area contributed by atoms with Crippen LogP contribution in [-0.4, -0.2) is 45.9 Å². The van der Waals surface area contributed by atoms with Crippen LogP contribution in [0.5, 0.6) is 0 Å². The number of para-hydroxylation sites is 1. The maximum absolute atomic E-state index is 12.9. The summed E-state index contributed by atoms with van der Waals surface area (Å²) in [6.07, 6.45) is 10.5. The minimum Gasteiger partial charge on any atom is -0.480 e. The first-order valence-electron chi connectivity index (χ1n) is 15.9. The molecule has 3 N–H and O–H groups in total. The number of Topliss-reactive ketones (excluding diaryl/α,β-unsaturated/α-hetero) is 1. The highest BCUT2D eigenvalue weighted by Crippen LogP contribution is 2.66. The van der Waals surface area contributed by atoms with Crippen molar-refractivity contribution in [3.05, 3.63) is 36.0 Å². The lowest BCUT2D eigenvalue weighted by Gasteiger charge is -2.60. The van der Waals surface area contributed by atoms with Gasteiger partial charge in [0.15, 0.2) is 0 Å². The molecule has 0 saturated heterocycles. The third kappa shape index (κ3) is 5.15. The monoisotopic (exact) mass is 576 g/mol. The normalized spacial score (nSPS) is 34.6. The number of ether oxygens (including phenoxy) is 1. The Kier molecular flexibility index (Phi) is 7.69.